The number of piperidine rings is 1. The van der Waals surface area contributed by atoms with Crippen LogP contribution in [-0.2, 0) is 4.74 Å². The van der Waals surface area contributed by atoms with Crippen LogP contribution in [0.25, 0.3) is 0 Å². The van der Waals surface area contributed by atoms with E-state index >= 15 is 0 Å². The molecule has 2 heterocycles. The molecule has 1 amide bonds. The molecule has 106 valence electrons. The number of aromatic amines is 1. The molecular formula is C13H22N4O2. The van der Waals surface area contributed by atoms with Crippen LogP contribution in [0.2, 0.25) is 0 Å². The van der Waals surface area contributed by atoms with Crippen LogP contribution in [0, 0.1) is 12.3 Å². The van der Waals surface area contributed by atoms with Crippen molar-refractivity contribution in [3.8, 4) is 0 Å². The number of rotatable bonds is 5. The van der Waals surface area contributed by atoms with E-state index < -0.39 is 0 Å². The minimum Gasteiger partial charge on any atom is -0.384 e. The van der Waals surface area contributed by atoms with Crippen molar-refractivity contribution in [1.82, 2.24) is 20.8 Å². The van der Waals surface area contributed by atoms with Gasteiger partial charge in [-0.3, -0.25) is 9.89 Å². The Balaban J connectivity index is 1.95. The van der Waals surface area contributed by atoms with Crippen LogP contribution in [-0.4, -0.2) is 49.5 Å². The Hall–Kier alpha value is -1.40. The Bertz CT molecular complexity index is 419. The smallest absolute Gasteiger partial charge is 0.254 e. The lowest BCUT2D eigenvalue weighted by Crippen LogP contribution is -2.47. The average molecular weight is 266 g/mol. The number of nitrogens with zero attached hydrogens (tertiary/aromatic N) is 1. The quantitative estimate of drug-likeness (QED) is 0.723. The standard InChI is InChI=1S/C13H22N4O2/c1-10-11(7-16-17-10)12(18)15-8-13(9-19-2)3-5-14-6-4-13/h7,14H,3-6,8-9H2,1-2H3,(H,15,18)(H,16,17). The molecule has 0 spiro atoms. The van der Waals surface area contributed by atoms with E-state index in [2.05, 4.69) is 20.8 Å². The first kappa shape index (κ1) is 14.0. The second-order valence-electron chi connectivity index (χ2n) is 5.27. The molecule has 0 atom stereocenters. The van der Waals surface area contributed by atoms with Crippen molar-refractivity contribution in [2.45, 2.75) is 19.8 Å². The number of ether oxygens (including phenoxy) is 1. The van der Waals surface area contributed by atoms with Crippen molar-refractivity contribution in [2.24, 2.45) is 5.41 Å². The van der Waals surface area contributed by atoms with Crippen molar-refractivity contribution < 1.29 is 9.53 Å². The maximum absolute atomic E-state index is 12.1. The minimum absolute atomic E-state index is 0.0489. The summed E-state index contributed by atoms with van der Waals surface area (Å²) >= 11 is 0. The molecule has 19 heavy (non-hydrogen) atoms. The van der Waals surface area contributed by atoms with Crippen molar-refractivity contribution in [2.75, 3.05) is 33.4 Å². The highest BCUT2D eigenvalue weighted by Crippen LogP contribution is 2.28. The Morgan fingerprint density at radius 2 is 2.26 bits per heavy atom. The average Bonchev–Trinajstić information content (AvgIpc) is 2.84. The lowest BCUT2D eigenvalue weighted by molar-refractivity contribution is 0.0511. The van der Waals surface area contributed by atoms with Gasteiger partial charge in [-0.1, -0.05) is 0 Å². The van der Waals surface area contributed by atoms with Gasteiger partial charge in [0.2, 0.25) is 0 Å². The molecule has 0 radical (unpaired) electrons. The van der Waals surface area contributed by atoms with Gasteiger partial charge in [-0.05, 0) is 32.9 Å². The van der Waals surface area contributed by atoms with E-state index in [0.29, 0.717) is 18.7 Å². The number of hydrogen-bond donors (Lipinski definition) is 3. The second kappa shape index (κ2) is 6.16. The summed E-state index contributed by atoms with van der Waals surface area (Å²) < 4.78 is 5.33. The molecular weight excluding hydrogens is 244 g/mol. The van der Waals surface area contributed by atoms with Crippen LogP contribution in [0.3, 0.4) is 0 Å². The summed E-state index contributed by atoms with van der Waals surface area (Å²) in [6.45, 7) is 5.12. The molecule has 1 aliphatic heterocycles. The third kappa shape index (κ3) is 3.33. The van der Waals surface area contributed by atoms with Crippen molar-refractivity contribution >= 4 is 5.91 Å². The van der Waals surface area contributed by atoms with Gasteiger partial charge in [-0.2, -0.15) is 5.10 Å². The van der Waals surface area contributed by atoms with Gasteiger partial charge >= 0.3 is 0 Å². The van der Waals surface area contributed by atoms with Gasteiger partial charge in [0.1, 0.15) is 0 Å². The number of hydrogen-bond acceptors (Lipinski definition) is 4. The predicted molar refractivity (Wildman–Crippen MR) is 72.1 cm³/mol. The zero-order valence-electron chi connectivity index (χ0n) is 11.6. The highest BCUT2D eigenvalue weighted by atomic mass is 16.5. The number of nitrogens with one attached hydrogen (secondary N) is 3. The summed E-state index contributed by atoms with van der Waals surface area (Å²) in [6.07, 6.45) is 3.60. The van der Waals surface area contributed by atoms with Gasteiger partial charge in [0, 0.05) is 24.8 Å². The van der Waals surface area contributed by atoms with Crippen molar-refractivity contribution in [1.29, 1.82) is 0 Å². The third-order valence-corrected chi connectivity index (χ3v) is 3.81. The molecule has 1 saturated heterocycles. The van der Waals surface area contributed by atoms with E-state index in [1.165, 1.54) is 0 Å². The molecule has 6 nitrogen and oxygen atoms in total. The minimum atomic E-state index is -0.0692. The molecule has 1 fully saturated rings. The van der Waals surface area contributed by atoms with Gasteiger partial charge < -0.3 is 15.4 Å². The van der Waals surface area contributed by atoms with Crippen LogP contribution < -0.4 is 10.6 Å². The van der Waals surface area contributed by atoms with Crippen LogP contribution >= 0.6 is 0 Å². The maximum Gasteiger partial charge on any atom is 0.254 e. The molecule has 0 bridgehead atoms. The third-order valence-electron chi connectivity index (χ3n) is 3.81. The summed E-state index contributed by atoms with van der Waals surface area (Å²) in [5, 5.41) is 13.0. The molecule has 1 aliphatic rings. The second-order valence-corrected chi connectivity index (χ2v) is 5.27. The first-order valence-corrected chi connectivity index (χ1v) is 6.65. The van der Waals surface area contributed by atoms with Crippen LogP contribution in [0.15, 0.2) is 6.20 Å². The Kier molecular flexibility index (Phi) is 4.55. The molecule has 0 unspecified atom stereocenters. The van der Waals surface area contributed by atoms with E-state index in [-0.39, 0.29) is 11.3 Å². The number of methoxy groups -OCH3 is 1. The zero-order valence-corrected chi connectivity index (χ0v) is 11.6. The summed E-state index contributed by atoms with van der Waals surface area (Å²) in [6, 6.07) is 0. The lowest BCUT2D eigenvalue weighted by atomic mass is 9.79. The largest absolute Gasteiger partial charge is 0.384 e. The molecule has 0 saturated carbocycles. The number of carbonyl (C=O) groups is 1. The fourth-order valence-corrected chi connectivity index (χ4v) is 2.58. The first-order valence-electron chi connectivity index (χ1n) is 6.65. The topological polar surface area (TPSA) is 79.0 Å². The fourth-order valence-electron chi connectivity index (χ4n) is 2.58. The highest BCUT2D eigenvalue weighted by molar-refractivity contribution is 5.94. The van der Waals surface area contributed by atoms with Crippen LogP contribution in [0.1, 0.15) is 28.9 Å². The Labute approximate surface area is 113 Å². The zero-order chi connectivity index (χ0) is 13.7. The monoisotopic (exact) mass is 266 g/mol. The molecule has 3 N–H and O–H groups in total. The van der Waals surface area contributed by atoms with Gasteiger partial charge in [-0.15, -0.1) is 0 Å². The SMILES string of the molecule is COCC1(CNC(=O)c2cn[nH]c2C)CCNCC1. The van der Waals surface area contributed by atoms with E-state index in [9.17, 15) is 4.79 Å². The molecule has 1 aromatic heterocycles. The van der Waals surface area contributed by atoms with E-state index in [1.807, 2.05) is 6.92 Å². The molecule has 0 aliphatic carbocycles. The summed E-state index contributed by atoms with van der Waals surface area (Å²) in [5.74, 6) is -0.0692. The van der Waals surface area contributed by atoms with Crippen molar-refractivity contribution in [3.63, 3.8) is 0 Å². The number of aryl methyl sites for hydroxylation is 1. The molecule has 1 aromatic rings. The summed E-state index contributed by atoms with van der Waals surface area (Å²) in [5.41, 5.74) is 1.46. The van der Waals surface area contributed by atoms with E-state index in [1.54, 1.807) is 13.3 Å². The first-order chi connectivity index (χ1) is 9.17. The predicted octanol–water partition coefficient (Wildman–Crippen LogP) is 0.464. The number of amides is 1. The Morgan fingerprint density at radius 3 is 2.84 bits per heavy atom. The summed E-state index contributed by atoms with van der Waals surface area (Å²) in [4.78, 5) is 12.1. The van der Waals surface area contributed by atoms with Gasteiger partial charge in [0.15, 0.2) is 0 Å². The van der Waals surface area contributed by atoms with Crippen LogP contribution in [0.5, 0.6) is 0 Å². The molecule has 0 aromatic carbocycles. The van der Waals surface area contributed by atoms with E-state index in [0.717, 1.165) is 31.6 Å². The molecule has 6 heteroatoms. The fraction of sp³-hybridized carbons (Fsp3) is 0.692. The number of carbonyl (C=O) groups excluding carboxylic acids is 1. The lowest BCUT2D eigenvalue weighted by Gasteiger charge is -2.37. The van der Waals surface area contributed by atoms with Gasteiger partial charge in [0.25, 0.3) is 5.91 Å². The Morgan fingerprint density at radius 1 is 1.53 bits per heavy atom. The number of H-pyrrole nitrogens is 1. The van der Waals surface area contributed by atoms with Crippen LogP contribution in [0.4, 0.5) is 0 Å². The maximum atomic E-state index is 12.1. The number of aromatic nitrogens is 2. The summed E-state index contributed by atoms with van der Waals surface area (Å²) in [7, 11) is 1.71. The van der Waals surface area contributed by atoms with Crippen molar-refractivity contribution in [3.05, 3.63) is 17.5 Å². The van der Waals surface area contributed by atoms with Gasteiger partial charge in [0.05, 0.1) is 18.4 Å². The van der Waals surface area contributed by atoms with Gasteiger partial charge in [-0.25, -0.2) is 0 Å². The highest BCUT2D eigenvalue weighted by Gasteiger charge is 2.32. The molecule has 2 rings (SSSR count). The van der Waals surface area contributed by atoms with E-state index in [4.69, 9.17) is 4.74 Å². The normalized spacial score (nSPS) is 18.2.